The van der Waals surface area contributed by atoms with E-state index >= 15 is 0 Å². The van der Waals surface area contributed by atoms with E-state index in [0.29, 0.717) is 13.1 Å². The van der Waals surface area contributed by atoms with E-state index in [2.05, 4.69) is 0 Å². The molecule has 2 atom stereocenters. The Morgan fingerprint density at radius 2 is 2.00 bits per heavy atom. The molecule has 1 aromatic carbocycles. The second-order valence-electron chi connectivity index (χ2n) is 8.45. The Hall–Kier alpha value is -1.99. The first kappa shape index (κ1) is 19.0. The number of thiazole rings is 1. The van der Waals surface area contributed by atoms with Gasteiger partial charge in [0.05, 0.1) is 28.8 Å². The number of benzene rings is 1. The summed E-state index contributed by atoms with van der Waals surface area (Å²) in [5, 5.41) is 0.748. The summed E-state index contributed by atoms with van der Waals surface area (Å²) in [7, 11) is 0. The molecule has 0 spiro atoms. The molecule has 1 aromatic heterocycles. The summed E-state index contributed by atoms with van der Waals surface area (Å²) < 4.78 is 6.92. The molecule has 2 unspecified atom stereocenters. The van der Waals surface area contributed by atoms with Crippen LogP contribution in [0.15, 0.2) is 24.3 Å². The molecule has 1 saturated carbocycles. The molecule has 2 aliphatic heterocycles. The van der Waals surface area contributed by atoms with Gasteiger partial charge in [0.25, 0.3) is 0 Å². The highest BCUT2D eigenvalue weighted by Crippen LogP contribution is 2.34. The van der Waals surface area contributed by atoms with E-state index in [4.69, 9.17) is 9.72 Å². The molecule has 3 aliphatic rings. The number of amides is 2. The van der Waals surface area contributed by atoms with E-state index < -0.39 is 0 Å². The first-order chi connectivity index (χ1) is 14.2. The van der Waals surface area contributed by atoms with Gasteiger partial charge in [-0.3, -0.25) is 14.5 Å². The summed E-state index contributed by atoms with van der Waals surface area (Å²) in [6, 6.07) is 8.00. The average molecular weight is 414 g/mol. The Bertz CT molecular complexity index is 871. The van der Waals surface area contributed by atoms with Crippen LogP contribution in [0, 0.1) is 11.8 Å². The van der Waals surface area contributed by atoms with Gasteiger partial charge in [-0.1, -0.05) is 23.5 Å². The normalized spacial score (nSPS) is 24.8. The van der Waals surface area contributed by atoms with Crippen molar-refractivity contribution in [2.24, 2.45) is 11.8 Å². The fraction of sp³-hybridized carbons (Fsp3) is 0.591. The van der Waals surface area contributed by atoms with Crippen molar-refractivity contribution >= 4 is 38.5 Å². The number of hydrogen-bond acceptors (Lipinski definition) is 5. The summed E-state index contributed by atoms with van der Waals surface area (Å²) in [6.07, 6.45) is 5.82. The maximum absolute atomic E-state index is 13.6. The van der Waals surface area contributed by atoms with Gasteiger partial charge >= 0.3 is 0 Å². The van der Waals surface area contributed by atoms with Gasteiger partial charge in [-0.15, -0.1) is 0 Å². The lowest BCUT2D eigenvalue weighted by Crippen LogP contribution is -2.48. The number of carbonyl (C=O) groups is 2. The lowest BCUT2D eigenvalue weighted by atomic mass is 9.96. The first-order valence-electron chi connectivity index (χ1n) is 10.8. The van der Waals surface area contributed by atoms with Gasteiger partial charge in [0.2, 0.25) is 11.8 Å². The third kappa shape index (κ3) is 4.03. The van der Waals surface area contributed by atoms with Crippen LogP contribution in [0.25, 0.3) is 10.2 Å². The maximum Gasteiger partial charge on any atom is 0.233 e. The number of ether oxygens (including phenoxy) is 1. The van der Waals surface area contributed by atoms with E-state index in [-0.39, 0.29) is 29.8 Å². The van der Waals surface area contributed by atoms with Gasteiger partial charge in [-0.05, 0) is 50.7 Å². The van der Waals surface area contributed by atoms with Gasteiger partial charge in [0.1, 0.15) is 0 Å². The van der Waals surface area contributed by atoms with Crippen molar-refractivity contribution in [3.8, 4) is 0 Å². The third-order valence-corrected chi connectivity index (χ3v) is 7.26. The summed E-state index contributed by atoms with van der Waals surface area (Å²) in [5.41, 5.74) is 0.923. The van der Waals surface area contributed by atoms with Crippen LogP contribution in [0.5, 0.6) is 0 Å². The summed E-state index contributed by atoms with van der Waals surface area (Å²) in [6.45, 7) is 2.64. The Morgan fingerprint density at radius 1 is 1.14 bits per heavy atom. The Labute approximate surface area is 174 Å². The Kier molecular flexibility index (Phi) is 5.26. The minimum atomic E-state index is -0.153. The number of hydrogen-bond donors (Lipinski definition) is 0. The van der Waals surface area contributed by atoms with Crippen LogP contribution < -0.4 is 4.90 Å². The lowest BCUT2D eigenvalue weighted by molar-refractivity contribution is -0.136. The highest BCUT2D eigenvalue weighted by atomic mass is 32.1. The standard InChI is InChI=1S/C22H27N3O3S/c26-20(15-9-10-15)24-11-3-5-16(13-24)21(27)25(14-17-6-4-12-28-17)22-23-18-7-1-2-8-19(18)29-22/h1-2,7-8,15-17H,3-6,9-14H2. The van der Waals surface area contributed by atoms with Gasteiger partial charge in [0, 0.05) is 25.6 Å². The molecule has 1 aliphatic carbocycles. The molecular formula is C22H27N3O3S. The minimum absolute atomic E-state index is 0.0683. The summed E-state index contributed by atoms with van der Waals surface area (Å²) >= 11 is 1.56. The number of likely N-dealkylation sites (tertiary alicyclic amines) is 1. The number of carbonyl (C=O) groups excluding carboxylic acids is 2. The molecule has 29 heavy (non-hydrogen) atoms. The minimum Gasteiger partial charge on any atom is -0.376 e. The molecule has 5 rings (SSSR count). The summed E-state index contributed by atoms with van der Waals surface area (Å²) in [4.78, 5) is 34.7. The van der Waals surface area contributed by atoms with Crippen LogP contribution in [0.1, 0.15) is 38.5 Å². The van der Waals surface area contributed by atoms with Crippen molar-refractivity contribution < 1.29 is 14.3 Å². The molecule has 3 fully saturated rings. The molecule has 6 nitrogen and oxygen atoms in total. The van der Waals surface area contributed by atoms with Gasteiger partial charge in [-0.25, -0.2) is 4.98 Å². The third-order valence-electron chi connectivity index (χ3n) is 6.20. The van der Waals surface area contributed by atoms with E-state index in [0.717, 1.165) is 67.0 Å². The number of piperidine rings is 1. The van der Waals surface area contributed by atoms with E-state index in [9.17, 15) is 9.59 Å². The highest BCUT2D eigenvalue weighted by Gasteiger charge is 2.38. The number of aromatic nitrogens is 1. The van der Waals surface area contributed by atoms with E-state index in [1.165, 1.54) is 0 Å². The van der Waals surface area contributed by atoms with Crippen LogP contribution >= 0.6 is 11.3 Å². The SMILES string of the molecule is O=C(C1CC1)N1CCCC(C(=O)N(CC2CCCO2)c2nc3ccccc3s2)C1. The van der Waals surface area contributed by atoms with Crippen molar-refractivity contribution in [2.75, 3.05) is 31.1 Å². The van der Waals surface area contributed by atoms with Crippen LogP contribution in [-0.4, -0.2) is 54.0 Å². The second kappa shape index (κ2) is 8.03. The summed E-state index contributed by atoms with van der Waals surface area (Å²) in [5.74, 6) is 0.386. The van der Waals surface area contributed by atoms with Crippen LogP contribution in [0.4, 0.5) is 5.13 Å². The lowest BCUT2D eigenvalue weighted by Gasteiger charge is -2.35. The van der Waals surface area contributed by atoms with Gasteiger partial charge in [0.15, 0.2) is 5.13 Å². The van der Waals surface area contributed by atoms with Gasteiger partial charge in [-0.2, -0.15) is 0 Å². The van der Waals surface area contributed by atoms with Crippen LogP contribution in [-0.2, 0) is 14.3 Å². The topological polar surface area (TPSA) is 62.7 Å². The predicted octanol–water partition coefficient (Wildman–Crippen LogP) is 3.46. The average Bonchev–Trinajstić information content (AvgIpc) is 3.30. The smallest absolute Gasteiger partial charge is 0.233 e. The van der Waals surface area contributed by atoms with Gasteiger partial charge < -0.3 is 9.64 Å². The number of para-hydroxylation sites is 1. The molecule has 2 aromatic rings. The van der Waals surface area contributed by atoms with Crippen LogP contribution in [0.2, 0.25) is 0 Å². The molecule has 2 amide bonds. The zero-order valence-corrected chi connectivity index (χ0v) is 17.4. The van der Waals surface area contributed by atoms with Crippen molar-refractivity contribution in [3.63, 3.8) is 0 Å². The van der Waals surface area contributed by atoms with Crippen molar-refractivity contribution in [1.29, 1.82) is 0 Å². The second-order valence-corrected chi connectivity index (χ2v) is 9.45. The van der Waals surface area contributed by atoms with Crippen molar-refractivity contribution in [3.05, 3.63) is 24.3 Å². The van der Waals surface area contributed by atoms with Crippen LogP contribution in [0.3, 0.4) is 0 Å². The molecule has 0 bridgehead atoms. The molecule has 7 heteroatoms. The molecule has 0 radical (unpaired) electrons. The Morgan fingerprint density at radius 3 is 2.76 bits per heavy atom. The predicted molar refractivity (Wildman–Crippen MR) is 113 cm³/mol. The first-order valence-corrected chi connectivity index (χ1v) is 11.6. The number of fused-ring (bicyclic) bond motifs is 1. The van der Waals surface area contributed by atoms with Crippen molar-refractivity contribution in [1.82, 2.24) is 9.88 Å². The number of rotatable bonds is 5. The zero-order valence-electron chi connectivity index (χ0n) is 16.6. The molecule has 154 valence electrons. The Balaban J connectivity index is 1.38. The molecule has 0 N–H and O–H groups in total. The molecule has 3 heterocycles. The quantitative estimate of drug-likeness (QED) is 0.753. The molecule has 2 saturated heterocycles. The highest BCUT2D eigenvalue weighted by molar-refractivity contribution is 7.22. The zero-order chi connectivity index (χ0) is 19.8. The number of nitrogens with zero attached hydrogens (tertiary/aromatic N) is 3. The van der Waals surface area contributed by atoms with E-state index in [1.807, 2.05) is 34.1 Å². The fourth-order valence-electron chi connectivity index (χ4n) is 4.42. The largest absolute Gasteiger partial charge is 0.376 e. The monoisotopic (exact) mass is 413 g/mol. The number of anilines is 1. The fourth-order valence-corrected chi connectivity index (χ4v) is 5.40. The maximum atomic E-state index is 13.6. The molecular weight excluding hydrogens is 386 g/mol. The van der Waals surface area contributed by atoms with E-state index in [1.54, 1.807) is 11.3 Å². The van der Waals surface area contributed by atoms with Crippen molar-refractivity contribution in [2.45, 2.75) is 44.6 Å².